The molecule has 2 aromatic carbocycles. The third-order valence-electron chi connectivity index (χ3n) is 5.00. The smallest absolute Gasteiger partial charge is 0.319 e. The van der Waals surface area contributed by atoms with Crippen LogP contribution in [-0.4, -0.2) is 44.3 Å². The van der Waals surface area contributed by atoms with Gasteiger partial charge in [0.1, 0.15) is 18.1 Å². The number of hydrogen-bond acceptors (Lipinski definition) is 4. The highest BCUT2D eigenvalue weighted by molar-refractivity contribution is 5.89. The number of urea groups is 1. The number of carbonyl (C=O) groups excluding carboxylic acids is 1. The van der Waals surface area contributed by atoms with Crippen LogP contribution in [0, 0.1) is 0 Å². The van der Waals surface area contributed by atoms with Crippen molar-refractivity contribution in [2.75, 3.05) is 38.7 Å². The van der Waals surface area contributed by atoms with Gasteiger partial charge in [-0.05, 0) is 44.1 Å². The van der Waals surface area contributed by atoms with Crippen LogP contribution in [0.4, 0.5) is 10.5 Å². The van der Waals surface area contributed by atoms with Crippen LogP contribution in [0.2, 0.25) is 0 Å². The predicted molar refractivity (Wildman–Crippen MR) is 116 cm³/mol. The number of ether oxygens (including phenoxy) is 2. The summed E-state index contributed by atoms with van der Waals surface area (Å²) in [6, 6.07) is 15.1. The van der Waals surface area contributed by atoms with Gasteiger partial charge in [0.2, 0.25) is 0 Å². The summed E-state index contributed by atoms with van der Waals surface area (Å²) in [5, 5.41) is 5.90. The van der Waals surface area contributed by atoms with E-state index in [4.69, 9.17) is 9.47 Å². The molecule has 3 rings (SSSR count). The molecular formula is C23H29N3O3. The first-order valence-electron chi connectivity index (χ1n) is 9.97. The summed E-state index contributed by atoms with van der Waals surface area (Å²) in [6.07, 6.45) is 4.04. The Morgan fingerprint density at radius 3 is 2.76 bits per heavy atom. The van der Waals surface area contributed by atoms with E-state index in [1.54, 1.807) is 19.3 Å². The summed E-state index contributed by atoms with van der Waals surface area (Å²) in [5.41, 5.74) is 1.77. The minimum absolute atomic E-state index is 0.0710. The molecule has 1 saturated heterocycles. The molecule has 1 atom stereocenters. The lowest BCUT2D eigenvalue weighted by molar-refractivity contribution is 0.224. The fourth-order valence-electron chi connectivity index (χ4n) is 3.61. The Kier molecular flexibility index (Phi) is 7.53. The average Bonchev–Trinajstić information content (AvgIpc) is 3.27. The van der Waals surface area contributed by atoms with Crippen molar-refractivity contribution in [1.82, 2.24) is 10.2 Å². The van der Waals surface area contributed by atoms with Gasteiger partial charge in [-0.15, -0.1) is 0 Å². The molecule has 1 aliphatic heterocycles. The highest BCUT2D eigenvalue weighted by Gasteiger charge is 2.26. The molecule has 2 amide bonds. The van der Waals surface area contributed by atoms with Crippen LogP contribution in [-0.2, 0) is 0 Å². The Bertz CT molecular complexity index is 819. The van der Waals surface area contributed by atoms with Crippen molar-refractivity contribution in [3.05, 3.63) is 66.7 Å². The zero-order valence-electron chi connectivity index (χ0n) is 16.9. The lowest BCUT2D eigenvalue weighted by atomic mass is 10.0. The van der Waals surface area contributed by atoms with Crippen molar-refractivity contribution in [2.24, 2.45) is 0 Å². The number of nitrogens with one attached hydrogen (secondary N) is 2. The van der Waals surface area contributed by atoms with Crippen molar-refractivity contribution >= 4 is 11.7 Å². The summed E-state index contributed by atoms with van der Waals surface area (Å²) in [6.45, 7) is 6.61. The van der Waals surface area contributed by atoms with Crippen molar-refractivity contribution in [3.63, 3.8) is 0 Å². The first-order valence-corrected chi connectivity index (χ1v) is 9.97. The number of para-hydroxylation sites is 1. The van der Waals surface area contributed by atoms with Crippen LogP contribution in [0.1, 0.15) is 24.4 Å². The molecule has 0 saturated carbocycles. The van der Waals surface area contributed by atoms with E-state index < -0.39 is 0 Å². The Morgan fingerprint density at radius 2 is 2.00 bits per heavy atom. The molecule has 154 valence electrons. The van der Waals surface area contributed by atoms with E-state index in [0.717, 1.165) is 24.4 Å². The van der Waals surface area contributed by atoms with Crippen molar-refractivity contribution in [2.45, 2.75) is 18.9 Å². The van der Waals surface area contributed by atoms with E-state index in [9.17, 15) is 4.79 Å². The second-order valence-electron chi connectivity index (χ2n) is 6.96. The predicted octanol–water partition coefficient (Wildman–Crippen LogP) is 4.22. The SMILES string of the molecule is C=CCOc1cccc(NC(=O)NCC(c2ccccc2OC)N2CCCC2)c1. The highest BCUT2D eigenvalue weighted by Crippen LogP contribution is 2.31. The molecule has 1 heterocycles. The van der Waals surface area contributed by atoms with E-state index in [2.05, 4.69) is 28.2 Å². The van der Waals surface area contributed by atoms with Crippen LogP contribution in [0.15, 0.2) is 61.2 Å². The number of benzene rings is 2. The maximum atomic E-state index is 12.5. The van der Waals surface area contributed by atoms with Gasteiger partial charge < -0.3 is 20.1 Å². The zero-order chi connectivity index (χ0) is 20.5. The molecule has 6 nitrogen and oxygen atoms in total. The molecule has 0 radical (unpaired) electrons. The molecule has 0 aliphatic carbocycles. The molecule has 0 spiro atoms. The van der Waals surface area contributed by atoms with Crippen molar-refractivity contribution in [1.29, 1.82) is 0 Å². The number of hydrogen-bond donors (Lipinski definition) is 2. The van der Waals surface area contributed by atoms with Gasteiger partial charge in [-0.3, -0.25) is 4.90 Å². The monoisotopic (exact) mass is 395 g/mol. The topological polar surface area (TPSA) is 62.8 Å². The van der Waals surface area contributed by atoms with E-state index in [0.29, 0.717) is 24.6 Å². The molecule has 0 bridgehead atoms. The van der Waals surface area contributed by atoms with E-state index >= 15 is 0 Å². The maximum absolute atomic E-state index is 12.5. The van der Waals surface area contributed by atoms with Crippen LogP contribution < -0.4 is 20.1 Å². The number of nitrogens with zero attached hydrogens (tertiary/aromatic N) is 1. The first-order chi connectivity index (χ1) is 14.2. The standard InChI is InChI=1S/C23H29N3O3/c1-3-15-29-19-10-8-9-18(16-19)25-23(27)24-17-21(26-13-6-7-14-26)20-11-4-5-12-22(20)28-2/h3-5,8-12,16,21H,1,6-7,13-15,17H2,2H3,(H2,24,25,27). The van der Waals surface area contributed by atoms with Crippen LogP contribution in [0.25, 0.3) is 0 Å². The first kappa shape index (κ1) is 20.7. The van der Waals surface area contributed by atoms with Crippen molar-refractivity contribution in [3.8, 4) is 11.5 Å². The number of likely N-dealkylation sites (tertiary alicyclic amines) is 1. The molecular weight excluding hydrogens is 366 g/mol. The van der Waals surface area contributed by atoms with Gasteiger partial charge in [0.25, 0.3) is 0 Å². The number of rotatable bonds is 9. The Balaban J connectivity index is 1.64. The van der Waals surface area contributed by atoms with Gasteiger partial charge in [0.05, 0.1) is 13.2 Å². The largest absolute Gasteiger partial charge is 0.496 e. The molecule has 1 unspecified atom stereocenters. The number of anilines is 1. The lowest BCUT2D eigenvalue weighted by Gasteiger charge is -2.29. The van der Waals surface area contributed by atoms with Gasteiger partial charge in [0, 0.05) is 23.9 Å². The highest BCUT2D eigenvalue weighted by atomic mass is 16.5. The molecule has 1 aliphatic rings. The third kappa shape index (κ3) is 5.74. The van der Waals surface area contributed by atoms with E-state index in [-0.39, 0.29) is 12.1 Å². The minimum Gasteiger partial charge on any atom is -0.496 e. The van der Waals surface area contributed by atoms with Gasteiger partial charge in [0.15, 0.2) is 0 Å². The summed E-state index contributed by atoms with van der Waals surface area (Å²) in [7, 11) is 1.68. The normalized spacial score (nSPS) is 14.8. The van der Waals surface area contributed by atoms with Crippen LogP contribution >= 0.6 is 0 Å². The average molecular weight is 396 g/mol. The molecule has 6 heteroatoms. The fourth-order valence-corrected chi connectivity index (χ4v) is 3.61. The summed E-state index contributed by atoms with van der Waals surface area (Å²) < 4.78 is 11.1. The Morgan fingerprint density at radius 1 is 1.21 bits per heavy atom. The van der Waals surface area contributed by atoms with Gasteiger partial charge in [-0.2, -0.15) is 0 Å². The molecule has 29 heavy (non-hydrogen) atoms. The minimum atomic E-state index is -0.245. The molecule has 2 aromatic rings. The molecule has 0 aromatic heterocycles. The quantitative estimate of drug-likeness (QED) is 0.624. The van der Waals surface area contributed by atoms with Gasteiger partial charge in [-0.1, -0.05) is 36.9 Å². The number of amides is 2. The number of methoxy groups -OCH3 is 1. The molecule has 1 fully saturated rings. The lowest BCUT2D eigenvalue weighted by Crippen LogP contribution is -2.38. The Labute approximate surface area is 172 Å². The number of carbonyl (C=O) groups is 1. The van der Waals surface area contributed by atoms with E-state index in [1.165, 1.54) is 12.8 Å². The zero-order valence-corrected chi connectivity index (χ0v) is 16.9. The van der Waals surface area contributed by atoms with Gasteiger partial charge in [-0.25, -0.2) is 4.79 Å². The van der Waals surface area contributed by atoms with Crippen molar-refractivity contribution < 1.29 is 14.3 Å². The summed E-state index contributed by atoms with van der Waals surface area (Å²) in [5.74, 6) is 1.53. The third-order valence-corrected chi connectivity index (χ3v) is 5.00. The van der Waals surface area contributed by atoms with Crippen LogP contribution in [0.3, 0.4) is 0 Å². The second-order valence-corrected chi connectivity index (χ2v) is 6.96. The Hall–Kier alpha value is -2.99. The molecule has 2 N–H and O–H groups in total. The maximum Gasteiger partial charge on any atom is 0.319 e. The summed E-state index contributed by atoms with van der Waals surface area (Å²) in [4.78, 5) is 14.9. The summed E-state index contributed by atoms with van der Waals surface area (Å²) >= 11 is 0. The van der Waals surface area contributed by atoms with E-state index in [1.807, 2.05) is 36.4 Å². The second kappa shape index (κ2) is 10.5. The van der Waals surface area contributed by atoms with Crippen LogP contribution in [0.5, 0.6) is 11.5 Å². The van der Waals surface area contributed by atoms with Gasteiger partial charge >= 0.3 is 6.03 Å². The fraction of sp³-hybridized carbons (Fsp3) is 0.348.